The van der Waals surface area contributed by atoms with Crippen LogP contribution in [0, 0.1) is 18.2 Å². The molecule has 0 aromatic heterocycles. The van der Waals surface area contributed by atoms with Crippen LogP contribution >= 0.6 is 10.7 Å². The minimum Gasteiger partial charge on any atom is -0.336 e. The Labute approximate surface area is 115 Å². The van der Waals surface area contributed by atoms with Crippen molar-refractivity contribution in [2.24, 2.45) is 0 Å². The van der Waals surface area contributed by atoms with Crippen molar-refractivity contribution in [1.82, 2.24) is 5.32 Å². The lowest BCUT2D eigenvalue weighted by Gasteiger charge is -2.19. The van der Waals surface area contributed by atoms with E-state index in [2.05, 4.69) is 11.2 Å². The molecule has 0 unspecified atom stereocenters. The molecule has 0 saturated heterocycles. The molecule has 1 amide bonds. The quantitative estimate of drug-likeness (QED) is 0.685. The van der Waals surface area contributed by atoms with Crippen molar-refractivity contribution in [1.29, 1.82) is 0 Å². The van der Waals surface area contributed by atoms with Crippen LogP contribution < -0.4 is 5.32 Å². The summed E-state index contributed by atoms with van der Waals surface area (Å²) in [7, 11) is 0.990. The van der Waals surface area contributed by atoms with E-state index in [1.807, 2.05) is 0 Å². The SMILES string of the molecule is C#CC(C)(C)NC(=O)c1cc(F)cc(S(=O)(=O)Cl)c1. The normalized spacial score (nSPS) is 11.7. The summed E-state index contributed by atoms with van der Waals surface area (Å²) in [5.41, 5.74) is -1.12. The second-order valence-corrected chi connectivity index (χ2v) is 6.90. The maximum Gasteiger partial charge on any atom is 0.261 e. The van der Waals surface area contributed by atoms with Gasteiger partial charge in [0.1, 0.15) is 5.82 Å². The lowest BCUT2D eigenvalue weighted by atomic mass is 10.1. The first-order chi connectivity index (χ1) is 8.55. The van der Waals surface area contributed by atoms with E-state index in [0.29, 0.717) is 0 Å². The zero-order valence-corrected chi connectivity index (χ0v) is 11.8. The molecular weight excluding hydrogens is 293 g/mol. The highest BCUT2D eigenvalue weighted by Crippen LogP contribution is 2.19. The first-order valence-corrected chi connectivity index (χ1v) is 7.41. The molecule has 1 aromatic rings. The Hall–Kier alpha value is -1.58. The first-order valence-electron chi connectivity index (χ1n) is 5.11. The summed E-state index contributed by atoms with van der Waals surface area (Å²) in [4.78, 5) is 11.4. The Morgan fingerprint density at radius 1 is 1.42 bits per heavy atom. The molecule has 0 aliphatic carbocycles. The van der Waals surface area contributed by atoms with E-state index in [4.69, 9.17) is 17.1 Å². The molecule has 102 valence electrons. The largest absolute Gasteiger partial charge is 0.336 e. The number of benzene rings is 1. The van der Waals surface area contributed by atoms with Gasteiger partial charge in [-0.15, -0.1) is 6.42 Å². The van der Waals surface area contributed by atoms with Crippen LogP contribution in [0.15, 0.2) is 23.1 Å². The summed E-state index contributed by atoms with van der Waals surface area (Å²) in [6, 6.07) is 2.60. The van der Waals surface area contributed by atoms with Gasteiger partial charge in [0.15, 0.2) is 0 Å². The molecule has 0 bridgehead atoms. The Morgan fingerprint density at radius 2 is 2.00 bits per heavy atom. The second kappa shape index (κ2) is 5.19. The van der Waals surface area contributed by atoms with E-state index in [1.165, 1.54) is 0 Å². The van der Waals surface area contributed by atoms with Crippen LogP contribution in [0.4, 0.5) is 4.39 Å². The molecule has 1 N–H and O–H groups in total. The number of carbonyl (C=O) groups excluding carboxylic acids is 1. The van der Waals surface area contributed by atoms with Gasteiger partial charge >= 0.3 is 0 Å². The highest BCUT2D eigenvalue weighted by Gasteiger charge is 2.21. The topological polar surface area (TPSA) is 63.2 Å². The second-order valence-electron chi connectivity index (χ2n) is 4.34. The highest BCUT2D eigenvalue weighted by molar-refractivity contribution is 8.13. The van der Waals surface area contributed by atoms with Crippen LogP contribution in [0.3, 0.4) is 0 Å². The molecule has 0 aliphatic rings. The molecule has 7 heteroatoms. The molecule has 0 saturated carbocycles. The molecule has 0 aliphatic heterocycles. The number of amides is 1. The Balaban J connectivity index is 3.20. The summed E-state index contributed by atoms with van der Waals surface area (Å²) >= 11 is 0. The zero-order chi connectivity index (χ0) is 14.8. The minimum atomic E-state index is -4.12. The van der Waals surface area contributed by atoms with Crippen LogP contribution in [0.1, 0.15) is 24.2 Å². The molecule has 1 rings (SSSR count). The standard InChI is InChI=1S/C12H11ClFNO3S/c1-4-12(2,3)15-11(16)8-5-9(14)7-10(6-8)19(13,17)18/h1,5-7H,2-3H3,(H,15,16). The summed E-state index contributed by atoms with van der Waals surface area (Å²) < 4.78 is 35.6. The van der Waals surface area contributed by atoms with E-state index in [-0.39, 0.29) is 5.56 Å². The monoisotopic (exact) mass is 303 g/mol. The predicted molar refractivity (Wildman–Crippen MR) is 69.8 cm³/mol. The van der Waals surface area contributed by atoms with E-state index in [9.17, 15) is 17.6 Å². The van der Waals surface area contributed by atoms with Crippen molar-refractivity contribution in [3.8, 4) is 12.3 Å². The summed E-state index contributed by atoms with van der Waals surface area (Å²) in [6.07, 6.45) is 5.21. The number of rotatable bonds is 3. The molecule has 0 radical (unpaired) electrons. The van der Waals surface area contributed by atoms with E-state index in [1.54, 1.807) is 13.8 Å². The fraction of sp³-hybridized carbons (Fsp3) is 0.250. The zero-order valence-electron chi connectivity index (χ0n) is 10.2. The Bertz CT molecular complexity index is 662. The number of carbonyl (C=O) groups is 1. The number of hydrogen-bond acceptors (Lipinski definition) is 3. The maximum atomic E-state index is 13.3. The van der Waals surface area contributed by atoms with Gasteiger partial charge < -0.3 is 5.32 Å². The van der Waals surface area contributed by atoms with Crippen molar-refractivity contribution in [2.75, 3.05) is 0 Å². The van der Waals surface area contributed by atoms with Crippen LogP contribution in [0.5, 0.6) is 0 Å². The van der Waals surface area contributed by atoms with Gasteiger partial charge in [0.05, 0.1) is 10.4 Å². The van der Waals surface area contributed by atoms with Gasteiger partial charge in [-0.1, -0.05) is 5.92 Å². The molecule has 1 aromatic carbocycles. The highest BCUT2D eigenvalue weighted by atomic mass is 35.7. The smallest absolute Gasteiger partial charge is 0.261 e. The van der Waals surface area contributed by atoms with E-state index < -0.39 is 31.2 Å². The summed E-state index contributed by atoms with van der Waals surface area (Å²) in [5.74, 6) is 0.757. The maximum absolute atomic E-state index is 13.3. The van der Waals surface area contributed by atoms with Gasteiger partial charge in [-0.3, -0.25) is 4.79 Å². The third-order valence-corrected chi connectivity index (χ3v) is 3.54. The van der Waals surface area contributed by atoms with Gasteiger partial charge in [0.2, 0.25) is 0 Å². The Kier molecular flexibility index (Phi) is 4.23. The fourth-order valence-electron chi connectivity index (χ4n) is 1.23. The van der Waals surface area contributed by atoms with E-state index in [0.717, 1.165) is 18.2 Å². The average molecular weight is 304 g/mol. The van der Waals surface area contributed by atoms with Crippen LogP contribution in [-0.2, 0) is 9.05 Å². The van der Waals surface area contributed by atoms with Crippen LogP contribution in [-0.4, -0.2) is 19.9 Å². The molecular formula is C12H11ClFNO3S. The van der Waals surface area contributed by atoms with Crippen molar-refractivity contribution < 1.29 is 17.6 Å². The molecule has 0 atom stereocenters. The molecule has 0 heterocycles. The molecule has 0 spiro atoms. The van der Waals surface area contributed by atoms with Gasteiger partial charge in [-0.05, 0) is 32.0 Å². The van der Waals surface area contributed by atoms with Gasteiger partial charge in [0, 0.05) is 16.2 Å². The van der Waals surface area contributed by atoms with Crippen molar-refractivity contribution in [3.63, 3.8) is 0 Å². The molecule has 19 heavy (non-hydrogen) atoms. The average Bonchev–Trinajstić information content (AvgIpc) is 2.26. The van der Waals surface area contributed by atoms with Gasteiger partial charge in [0.25, 0.3) is 15.0 Å². The van der Waals surface area contributed by atoms with Crippen molar-refractivity contribution in [3.05, 3.63) is 29.6 Å². The first kappa shape index (κ1) is 15.5. The lowest BCUT2D eigenvalue weighted by molar-refractivity contribution is 0.0929. The molecule has 4 nitrogen and oxygen atoms in total. The number of terminal acetylenes is 1. The predicted octanol–water partition coefficient (Wildman–Crippen LogP) is 1.89. The van der Waals surface area contributed by atoms with Gasteiger partial charge in [-0.25, -0.2) is 12.8 Å². The summed E-state index contributed by atoms with van der Waals surface area (Å²) in [5, 5.41) is 2.45. The molecule has 0 fully saturated rings. The van der Waals surface area contributed by atoms with Gasteiger partial charge in [-0.2, -0.15) is 0 Å². The number of nitrogens with one attached hydrogen (secondary N) is 1. The van der Waals surface area contributed by atoms with Crippen LogP contribution in [0.25, 0.3) is 0 Å². The summed E-state index contributed by atoms with van der Waals surface area (Å²) in [6.45, 7) is 3.15. The minimum absolute atomic E-state index is 0.178. The third kappa shape index (κ3) is 4.23. The number of hydrogen-bond donors (Lipinski definition) is 1. The fourth-order valence-corrected chi connectivity index (χ4v) is 2.02. The Morgan fingerprint density at radius 3 is 2.47 bits per heavy atom. The van der Waals surface area contributed by atoms with E-state index >= 15 is 0 Å². The third-order valence-electron chi connectivity index (χ3n) is 2.20. The van der Waals surface area contributed by atoms with Crippen LogP contribution in [0.2, 0.25) is 0 Å². The van der Waals surface area contributed by atoms with Crippen molar-refractivity contribution in [2.45, 2.75) is 24.3 Å². The lowest BCUT2D eigenvalue weighted by Crippen LogP contribution is -2.42. The number of halogens is 2. The van der Waals surface area contributed by atoms with Crippen molar-refractivity contribution >= 4 is 25.6 Å².